The molecule has 0 unspecified atom stereocenters. The van der Waals surface area contributed by atoms with Gasteiger partial charge < -0.3 is 0 Å². The molecule has 0 rings (SSSR count). The van der Waals surface area contributed by atoms with Crippen LogP contribution < -0.4 is 0 Å². The van der Waals surface area contributed by atoms with Gasteiger partial charge >= 0.3 is 0 Å². The summed E-state index contributed by atoms with van der Waals surface area (Å²) in [5, 5.41) is 0. The second kappa shape index (κ2) is 56.4. The maximum Gasteiger partial charge on any atom is -0.0287 e. The Bertz CT molecular complexity index is 149. The molecule has 0 aromatic rings. The lowest BCUT2D eigenvalue weighted by atomic mass is 10.2. The number of rotatable bonds is 4. The van der Waals surface area contributed by atoms with E-state index in [2.05, 4.69) is 26.7 Å². The minimum atomic E-state index is 1.09. The Labute approximate surface area is 118 Å². The smallest absolute Gasteiger partial charge is 0.0287 e. The lowest BCUT2D eigenvalue weighted by molar-refractivity contribution is 0.930. The van der Waals surface area contributed by atoms with E-state index in [1.165, 1.54) is 12.0 Å². The van der Waals surface area contributed by atoms with Crippen LogP contribution in [0.3, 0.4) is 0 Å². The first-order chi connectivity index (χ1) is 8.72. The van der Waals surface area contributed by atoms with Crippen molar-refractivity contribution in [1.82, 2.24) is 0 Å². The topological polar surface area (TPSA) is 0 Å². The molecule has 0 aromatic carbocycles. The van der Waals surface area contributed by atoms with Gasteiger partial charge in [-0.15, -0.1) is 6.58 Å². The van der Waals surface area contributed by atoms with E-state index in [9.17, 15) is 0 Å². The van der Waals surface area contributed by atoms with Gasteiger partial charge in [-0.25, -0.2) is 0 Å². The van der Waals surface area contributed by atoms with Gasteiger partial charge in [-0.2, -0.15) is 0 Å². The fourth-order valence-electron chi connectivity index (χ4n) is 0.609. The van der Waals surface area contributed by atoms with E-state index in [-0.39, 0.29) is 0 Å². The molecule has 0 amide bonds. The summed E-state index contributed by atoms with van der Waals surface area (Å²) in [6, 6.07) is 0. The first-order valence-electron chi connectivity index (χ1n) is 7.26. The van der Waals surface area contributed by atoms with Crippen molar-refractivity contribution in [3.05, 3.63) is 49.6 Å². The van der Waals surface area contributed by atoms with E-state index >= 15 is 0 Å². The summed E-state index contributed by atoms with van der Waals surface area (Å²) in [6.07, 6.45) is 9.68. The van der Waals surface area contributed by atoms with Crippen LogP contribution in [-0.2, 0) is 0 Å². The van der Waals surface area contributed by atoms with Crippen LogP contribution in [-0.4, -0.2) is 0 Å². The van der Waals surface area contributed by atoms with Crippen LogP contribution in [0.2, 0.25) is 0 Å². The zero-order chi connectivity index (χ0) is 15.8. The Morgan fingerprint density at radius 3 is 1.50 bits per heavy atom. The second-order valence-electron chi connectivity index (χ2n) is 2.41. The van der Waals surface area contributed by atoms with Gasteiger partial charge in [0.25, 0.3) is 0 Å². The van der Waals surface area contributed by atoms with Crippen LogP contribution in [0.25, 0.3) is 0 Å². The SMILES string of the molecule is C=C/C=C\C(=C)CCC.C=CC.CC.CC.CC. The van der Waals surface area contributed by atoms with Crippen LogP contribution in [0, 0.1) is 0 Å². The summed E-state index contributed by atoms with van der Waals surface area (Å²) in [5.41, 5.74) is 1.18. The van der Waals surface area contributed by atoms with E-state index in [0.717, 1.165) is 6.42 Å². The lowest BCUT2D eigenvalue weighted by Crippen LogP contribution is -1.71. The molecule has 0 saturated carbocycles. The molecule has 18 heavy (non-hydrogen) atoms. The number of allylic oxidation sites excluding steroid dienone is 5. The van der Waals surface area contributed by atoms with Crippen molar-refractivity contribution in [2.45, 2.75) is 68.2 Å². The van der Waals surface area contributed by atoms with Crippen LogP contribution in [0.15, 0.2) is 49.6 Å². The van der Waals surface area contributed by atoms with Crippen LogP contribution in [0.1, 0.15) is 68.2 Å². The molecule has 0 radical (unpaired) electrons. The fourth-order valence-corrected chi connectivity index (χ4v) is 0.609. The van der Waals surface area contributed by atoms with E-state index in [1.54, 1.807) is 12.2 Å². The molecule has 0 saturated heterocycles. The maximum atomic E-state index is 3.85. The maximum absolute atomic E-state index is 3.85. The second-order valence-corrected chi connectivity index (χ2v) is 2.41. The van der Waals surface area contributed by atoms with E-state index in [0.29, 0.717) is 0 Å². The normalized spacial score (nSPS) is 6.67. The monoisotopic (exact) mass is 254 g/mol. The lowest BCUT2D eigenvalue weighted by Gasteiger charge is -1.91. The van der Waals surface area contributed by atoms with Crippen molar-refractivity contribution in [1.29, 1.82) is 0 Å². The molecular formula is C18H38. The van der Waals surface area contributed by atoms with Crippen molar-refractivity contribution >= 4 is 0 Å². The van der Waals surface area contributed by atoms with Crippen molar-refractivity contribution in [3.8, 4) is 0 Å². The van der Waals surface area contributed by atoms with Crippen LogP contribution >= 0.6 is 0 Å². The zero-order valence-electron chi connectivity index (χ0n) is 14.3. The molecule has 0 nitrogen and oxygen atoms in total. The summed E-state index contributed by atoms with van der Waals surface area (Å²) in [7, 11) is 0. The summed E-state index contributed by atoms with van der Waals surface area (Å²) in [6.45, 7) is 26.8. The molecule has 0 heterocycles. The Hall–Kier alpha value is -1.04. The van der Waals surface area contributed by atoms with E-state index in [1.807, 2.05) is 60.6 Å². The molecule has 110 valence electrons. The first kappa shape index (κ1) is 30.2. The highest BCUT2D eigenvalue weighted by molar-refractivity contribution is 5.17. The zero-order valence-corrected chi connectivity index (χ0v) is 14.3. The summed E-state index contributed by atoms with van der Waals surface area (Å²) >= 11 is 0. The average Bonchev–Trinajstić information content (AvgIpc) is 2.44. The fraction of sp³-hybridized carbons (Fsp3) is 0.556. The highest BCUT2D eigenvalue weighted by Crippen LogP contribution is 2.02. The van der Waals surface area contributed by atoms with Crippen LogP contribution in [0.4, 0.5) is 0 Å². The first-order valence-corrected chi connectivity index (χ1v) is 7.26. The molecule has 0 aliphatic carbocycles. The molecule has 0 aromatic heterocycles. The molecule has 0 aliphatic rings. The Balaban J connectivity index is -0.0000000524. The standard InChI is InChI=1S/C9H14.C3H6.3C2H6/c1-4-6-8-9(3)7-5-2;1-3-2;3*1-2/h4,6,8H,1,3,5,7H2,2H3;3H,1H2,2H3;3*1-2H3/b8-6-;;;;. The van der Waals surface area contributed by atoms with Gasteiger partial charge in [-0.1, -0.05) is 97.9 Å². The van der Waals surface area contributed by atoms with Gasteiger partial charge in [0.1, 0.15) is 0 Å². The molecule has 0 atom stereocenters. The molecule has 0 N–H and O–H groups in total. The largest absolute Gasteiger partial charge is 0.103 e. The highest BCUT2D eigenvalue weighted by atomic mass is 13.9. The highest BCUT2D eigenvalue weighted by Gasteiger charge is 1.81. The average molecular weight is 255 g/mol. The Morgan fingerprint density at radius 1 is 0.944 bits per heavy atom. The van der Waals surface area contributed by atoms with Crippen molar-refractivity contribution in [2.24, 2.45) is 0 Å². The van der Waals surface area contributed by atoms with Gasteiger partial charge in [0.05, 0.1) is 0 Å². The van der Waals surface area contributed by atoms with Crippen LogP contribution in [0.5, 0.6) is 0 Å². The van der Waals surface area contributed by atoms with E-state index < -0.39 is 0 Å². The van der Waals surface area contributed by atoms with Crippen molar-refractivity contribution in [3.63, 3.8) is 0 Å². The van der Waals surface area contributed by atoms with Gasteiger partial charge in [-0.3, -0.25) is 0 Å². The van der Waals surface area contributed by atoms with Crippen molar-refractivity contribution < 1.29 is 0 Å². The number of hydrogen-bond donors (Lipinski definition) is 0. The van der Waals surface area contributed by atoms with Gasteiger partial charge in [0.2, 0.25) is 0 Å². The van der Waals surface area contributed by atoms with Gasteiger partial charge in [0.15, 0.2) is 0 Å². The predicted molar refractivity (Wildman–Crippen MR) is 93.3 cm³/mol. The predicted octanol–water partition coefficient (Wildman–Crippen LogP) is 7.36. The van der Waals surface area contributed by atoms with Crippen molar-refractivity contribution in [2.75, 3.05) is 0 Å². The molecule has 0 heteroatoms. The minimum Gasteiger partial charge on any atom is -0.103 e. The molecular weight excluding hydrogens is 216 g/mol. The van der Waals surface area contributed by atoms with E-state index in [4.69, 9.17) is 0 Å². The third-order valence-electron chi connectivity index (χ3n) is 1.04. The Morgan fingerprint density at radius 2 is 1.28 bits per heavy atom. The molecule has 0 bridgehead atoms. The quantitative estimate of drug-likeness (QED) is 0.363. The third-order valence-corrected chi connectivity index (χ3v) is 1.04. The van der Waals surface area contributed by atoms with Gasteiger partial charge in [-0.05, 0) is 13.3 Å². The van der Waals surface area contributed by atoms with Gasteiger partial charge in [0, 0.05) is 0 Å². The summed E-state index contributed by atoms with van der Waals surface area (Å²) in [5.74, 6) is 0. The third kappa shape index (κ3) is 82.1. The Kier molecular flexibility index (Phi) is 94.6. The minimum absolute atomic E-state index is 1.09. The molecule has 0 spiro atoms. The molecule has 0 fully saturated rings. The number of hydrogen-bond acceptors (Lipinski definition) is 0. The molecule has 0 aliphatic heterocycles. The summed E-state index contributed by atoms with van der Waals surface area (Å²) < 4.78 is 0. The summed E-state index contributed by atoms with van der Waals surface area (Å²) in [4.78, 5) is 0.